The normalized spacial score (nSPS) is 17.9. The lowest BCUT2D eigenvalue weighted by Crippen LogP contribution is -2.48. The first-order valence-corrected chi connectivity index (χ1v) is 9.95. The third-order valence-corrected chi connectivity index (χ3v) is 6.07. The van der Waals surface area contributed by atoms with Gasteiger partial charge in [0.05, 0.1) is 17.8 Å². The molecule has 22 heavy (non-hydrogen) atoms. The first-order valence-electron chi connectivity index (χ1n) is 6.82. The molecule has 1 aliphatic rings. The lowest BCUT2D eigenvalue weighted by Gasteiger charge is -2.32. The van der Waals surface area contributed by atoms with E-state index in [0.29, 0.717) is 37.6 Å². The highest BCUT2D eigenvalue weighted by atomic mass is 32.2. The van der Waals surface area contributed by atoms with Crippen molar-refractivity contribution in [3.05, 3.63) is 22.3 Å². The highest BCUT2D eigenvalue weighted by molar-refractivity contribution is 7.88. The van der Waals surface area contributed by atoms with Gasteiger partial charge in [0, 0.05) is 26.2 Å². The number of rotatable bonds is 4. The second kappa shape index (κ2) is 6.20. The third-order valence-electron chi connectivity index (χ3n) is 3.58. The summed E-state index contributed by atoms with van der Waals surface area (Å²) in [5.74, 6) is 0.773. The number of hydrogen-bond acceptors (Lipinski definition) is 6. The molecule has 3 rings (SSSR count). The summed E-state index contributed by atoms with van der Waals surface area (Å²) in [6.45, 7) is 2.98. The smallest absolute Gasteiger partial charge is 0.217 e. The number of nitrogens with one attached hydrogen (secondary N) is 1. The number of aromatic amines is 1. The summed E-state index contributed by atoms with van der Waals surface area (Å²) in [6.07, 6.45) is 1.25. The number of thiophene rings is 1. The highest BCUT2D eigenvalue weighted by Crippen LogP contribution is 2.20. The van der Waals surface area contributed by atoms with Crippen LogP contribution in [0.15, 0.2) is 17.5 Å². The van der Waals surface area contributed by atoms with Crippen LogP contribution < -0.4 is 0 Å². The molecule has 3 heterocycles. The van der Waals surface area contributed by atoms with Crippen molar-refractivity contribution in [3.63, 3.8) is 0 Å². The maximum absolute atomic E-state index is 11.5. The van der Waals surface area contributed by atoms with Crippen molar-refractivity contribution in [1.29, 1.82) is 0 Å². The molecule has 7 nitrogen and oxygen atoms in total. The van der Waals surface area contributed by atoms with Crippen LogP contribution in [-0.4, -0.2) is 64.8 Å². The molecule has 0 bridgehead atoms. The number of nitrogens with zero attached hydrogens (tertiary/aromatic N) is 4. The predicted octanol–water partition coefficient (Wildman–Crippen LogP) is 1.20. The summed E-state index contributed by atoms with van der Waals surface area (Å²) in [5, 5.41) is 5.21. The molecular formula is C12H17N5O2S3. The van der Waals surface area contributed by atoms with Crippen molar-refractivity contribution in [3.8, 4) is 10.7 Å². The monoisotopic (exact) mass is 359 g/mol. The van der Waals surface area contributed by atoms with Crippen molar-refractivity contribution < 1.29 is 8.42 Å². The molecule has 0 aliphatic carbocycles. The van der Waals surface area contributed by atoms with Crippen LogP contribution in [0.2, 0.25) is 0 Å². The van der Waals surface area contributed by atoms with Gasteiger partial charge in [-0.1, -0.05) is 6.07 Å². The van der Waals surface area contributed by atoms with Crippen LogP contribution in [0.25, 0.3) is 10.7 Å². The van der Waals surface area contributed by atoms with E-state index >= 15 is 0 Å². The predicted molar refractivity (Wildman–Crippen MR) is 88.7 cm³/mol. The minimum atomic E-state index is -3.10. The molecule has 120 valence electrons. The quantitative estimate of drug-likeness (QED) is 0.831. The molecule has 0 spiro atoms. The molecule has 0 saturated carbocycles. The molecular weight excluding hydrogens is 342 g/mol. The first-order chi connectivity index (χ1) is 10.4. The molecule has 1 saturated heterocycles. The third kappa shape index (κ3) is 3.46. The molecule has 1 N–H and O–H groups in total. The fourth-order valence-corrected chi connectivity index (χ4v) is 4.06. The summed E-state index contributed by atoms with van der Waals surface area (Å²) < 4.78 is 26.9. The maximum Gasteiger partial charge on any atom is 0.217 e. The van der Waals surface area contributed by atoms with Gasteiger partial charge >= 0.3 is 0 Å². The second-order valence-corrected chi connectivity index (χ2v) is 8.48. The topological polar surface area (TPSA) is 74.2 Å². The van der Waals surface area contributed by atoms with Crippen molar-refractivity contribution in [2.24, 2.45) is 0 Å². The molecule has 0 unspecified atom stereocenters. The maximum atomic E-state index is 11.5. The van der Waals surface area contributed by atoms with E-state index in [1.54, 1.807) is 11.3 Å². The van der Waals surface area contributed by atoms with Gasteiger partial charge in [-0.05, 0) is 23.7 Å². The standard InChI is InChI=1S/C12H17N5O2S3/c1-22(18,19)16-6-4-15(5-7-16)9-17-12(20)13-11(14-17)10-3-2-8-21-10/h2-3,8H,4-7,9H2,1H3,(H,13,14,20). The van der Waals surface area contributed by atoms with Crippen molar-refractivity contribution in [2.75, 3.05) is 32.4 Å². The number of piperazine rings is 1. The molecule has 0 amide bonds. The molecule has 2 aromatic heterocycles. The summed E-state index contributed by atoms with van der Waals surface area (Å²) in [6, 6.07) is 3.97. The zero-order valence-electron chi connectivity index (χ0n) is 12.1. The van der Waals surface area contributed by atoms with Crippen molar-refractivity contribution >= 4 is 33.6 Å². The Labute approximate surface area is 138 Å². The Bertz CT molecular complexity index is 785. The van der Waals surface area contributed by atoms with Gasteiger partial charge in [-0.2, -0.15) is 9.29 Å². The fourth-order valence-electron chi connectivity index (χ4n) is 2.38. The Balaban J connectivity index is 1.67. The Morgan fingerprint density at radius 2 is 2.09 bits per heavy atom. The highest BCUT2D eigenvalue weighted by Gasteiger charge is 2.23. The van der Waals surface area contributed by atoms with Crippen LogP contribution in [-0.2, 0) is 16.7 Å². The number of sulfonamides is 1. The van der Waals surface area contributed by atoms with Gasteiger partial charge in [-0.3, -0.25) is 10.00 Å². The van der Waals surface area contributed by atoms with Gasteiger partial charge in [-0.15, -0.1) is 11.3 Å². The molecule has 1 fully saturated rings. The van der Waals surface area contributed by atoms with Gasteiger partial charge in [-0.25, -0.2) is 13.1 Å². The van der Waals surface area contributed by atoms with Crippen LogP contribution in [0.4, 0.5) is 0 Å². The molecule has 10 heteroatoms. The van der Waals surface area contributed by atoms with Crippen LogP contribution in [0, 0.1) is 4.77 Å². The minimum absolute atomic E-state index is 0.508. The Hall–Kier alpha value is -1.07. The van der Waals surface area contributed by atoms with Crippen LogP contribution >= 0.6 is 23.6 Å². The summed E-state index contributed by atoms with van der Waals surface area (Å²) in [7, 11) is -3.10. The summed E-state index contributed by atoms with van der Waals surface area (Å²) in [4.78, 5) is 7.58. The lowest BCUT2D eigenvalue weighted by molar-refractivity contribution is 0.145. The van der Waals surface area contributed by atoms with Gasteiger partial charge < -0.3 is 0 Å². The van der Waals surface area contributed by atoms with Crippen LogP contribution in [0.5, 0.6) is 0 Å². The van der Waals surface area contributed by atoms with Crippen LogP contribution in [0.1, 0.15) is 0 Å². The Morgan fingerprint density at radius 3 is 2.68 bits per heavy atom. The Morgan fingerprint density at radius 1 is 1.36 bits per heavy atom. The fraction of sp³-hybridized carbons (Fsp3) is 0.500. The minimum Gasteiger partial charge on any atom is -0.282 e. The van der Waals surface area contributed by atoms with E-state index in [1.165, 1.54) is 10.6 Å². The number of aromatic nitrogens is 3. The van der Waals surface area contributed by atoms with Gasteiger partial charge in [0.15, 0.2) is 5.82 Å². The van der Waals surface area contributed by atoms with Crippen molar-refractivity contribution in [1.82, 2.24) is 24.0 Å². The SMILES string of the molecule is CS(=O)(=O)N1CCN(Cn2[nH]c(-c3cccs3)nc2=S)CC1. The van der Waals surface area contributed by atoms with Gasteiger partial charge in [0.2, 0.25) is 14.8 Å². The second-order valence-electron chi connectivity index (χ2n) is 5.18. The van der Waals surface area contributed by atoms with E-state index in [9.17, 15) is 8.42 Å². The molecule has 1 aliphatic heterocycles. The molecule has 0 atom stereocenters. The molecule has 0 aromatic carbocycles. The average Bonchev–Trinajstić information content (AvgIpc) is 3.09. The average molecular weight is 360 g/mol. The van der Waals surface area contributed by atoms with E-state index in [-0.39, 0.29) is 0 Å². The van der Waals surface area contributed by atoms with E-state index in [1.807, 2.05) is 22.2 Å². The zero-order chi connectivity index (χ0) is 15.7. The largest absolute Gasteiger partial charge is 0.282 e. The van der Waals surface area contributed by atoms with Gasteiger partial charge in [0.1, 0.15) is 0 Å². The molecule has 0 radical (unpaired) electrons. The molecule has 2 aromatic rings. The van der Waals surface area contributed by atoms with E-state index in [4.69, 9.17) is 12.2 Å². The van der Waals surface area contributed by atoms with E-state index in [2.05, 4.69) is 15.0 Å². The zero-order valence-corrected chi connectivity index (χ0v) is 14.5. The Kier molecular flexibility index (Phi) is 4.46. The van der Waals surface area contributed by atoms with E-state index < -0.39 is 10.0 Å². The van der Waals surface area contributed by atoms with Crippen LogP contribution in [0.3, 0.4) is 0 Å². The number of hydrogen-bond donors (Lipinski definition) is 1. The lowest BCUT2D eigenvalue weighted by atomic mass is 10.4. The van der Waals surface area contributed by atoms with Gasteiger partial charge in [0.25, 0.3) is 0 Å². The summed E-state index contributed by atoms with van der Waals surface area (Å²) >= 11 is 6.90. The number of H-pyrrole nitrogens is 1. The summed E-state index contributed by atoms with van der Waals surface area (Å²) in [5.41, 5.74) is 0. The van der Waals surface area contributed by atoms with Crippen molar-refractivity contribution in [2.45, 2.75) is 6.67 Å². The van der Waals surface area contributed by atoms with E-state index in [0.717, 1.165) is 10.7 Å². The first kappa shape index (κ1) is 15.8.